The van der Waals surface area contributed by atoms with Gasteiger partial charge in [0, 0.05) is 5.56 Å². The molecule has 0 saturated carbocycles. The van der Waals surface area contributed by atoms with Crippen LogP contribution < -0.4 is 9.47 Å². The first-order chi connectivity index (χ1) is 12.5. The van der Waals surface area contributed by atoms with Crippen LogP contribution in [-0.2, 0) is 14.3 Å². The minimum atomic E-state index is -1.05. The van der Waals surface area contributed by atoms with E-state index in [0.717, 1.165) is 0 Å². The Kier molecular flexibility index (Phi) is 4.98. The number of carbonyl (C=O) groups excluding carboxylic acids is 1. The second-order valence-corrected chi connectivity index (χ2v) is 5.32. The normalized spacial score (nSPS) is 14.7. The number of carbonyl (C=O) groups is 2. The summed E-state index contributed by atoms with van der Waals surface area (Å²) in [7, 11) is 1.57. The Morgan fingerprint density at radius 1 is 1.12 bits per heavy atom. The Bertz CT molecular complexity index is 881. The molecule has 0 fully saturated rings. The van der Waals surface area contributed by atoms with Gasteiger partial charge in [0.25, 0.3) is 0 Å². The molecule has 0 spiro atoms. The van der Waals surface area contributed by atoms with E-state index in [1.807, 2.05) is 0 Å². The topological polar surface area (TPSA) is 94.4 Å². The minimum absolute atomic E-state index is 0.176. The van der Waals surface area contributed by atoms with E-state index in [-0.39, 0.29) is 11.6 Å². The molecule has 2 aromatic carbocycles. The average Bonchev–Trinajstić information content (AvgIpc) is 3.01. The number of esters is 1. The van der Waals surface area contributed by atoms with Gasteiger partial charge < -0.3 is 19.3 Å². The van der Waals surface area contributed by atoms with Gasteiger partial charge in [-0.1, -0.05) is 12.1 Å². The third-order valence-electron chi connectivity index (χ3n) is 3.50. The molecule has 2 aromatic rings. The Labute approximate surface area is 149 Å². The molecule has 0 radical (unpaired) electrons. The summed E-state index contributed by atoms with van der Waals surface area (Å²) in [6, 6.07) is 13.6. The SMILES string of the molecule is COc1ccc(C2=N/C(=C\c3ccc(OCC(=O)O)cc3)C(=O)O2)cc1. The molecule has 1 aliphatic rings. The predicted octanol–water partition coefficient (Wildman–Crippen LogP) is 2.50. The number of nitrogens with zero attached hydrogens (tertiary/aromatic N) is 1. The van der Waals surface area contributed by atoms with Crippen LogP contribution >= 0.6 is 0 Å². The van der Waals surface area contributed by atoms with E-state index in [9.17, 15) is 9.59 Å². The molecule has 0 unspecified atom stereocenters. The standard InChI is InChI=1S/C19H15NO6/c1-24-14-8-4-13(5-9-14)18-20-16(19(23)26-18)10-12-2-6-15(7-3-12)25-11-17(21)22/h2-10H,11H2,1H3,(H,21,22)/b16-10-. The van der Waals surface area contributed by atoms with Crippen molar-refractivity contribution in [2.45, 2.75) is 0 Å². The summed E-state index contributed by atoms with van der Waals surface area (Å²) in [5.74, 6) is -0.247. The van der Waals surface area contributed by atoms with Crippen LogP contribution in [0.25, 0.3) is 6.08 Å². The molecular formula is C19H15NO6. The Morgan fingerprint density at radius 2 is 1.77 bits per heavy atom. The molecule has 1 heterocycles. The summed E-state index contributed by atoms with van der Waals surface area (Å²) in [6.07, 6.45) is 1.58. The van der Waals surface area contributed by atoms with Gasteiger partial charge in [-0.15, -0.1) is 0 Å². The van der Waals surface area contributed by atoms with E-state index in [4.69, 9.17) is 19.3 Å². The van der Waals surface area contributed by atoms with Crippen LogP contribution in [0.5, 0.6) is 11.5 Å². The molecule has 0 saturated heterocycles. The summed E-state index contributed by atoms with van der Waals surface area (Å²) in [5, 5.41) is 8.59. The van der Waals surface area contributed by atoms with Gasteiger partial charge in [0.2, 0.25) is 5.90 Å². The number of ether oxygens (including phenoxy) is 3. The first kappa shape index (κ1) is 17.2. The van der Waals surface area contributed by atoms with Gasteiger partial charge in [0.15, 0.2) is 12.3 Å². The molecule has 0 bridgehead atoms. The van der Waals surface area contributed by atoms with Crippen molar-refractivity contribution in [1.29, 1.82) is 0 Å². The van der Waals surface area contributed by atoms with E-state index in [0.29, 0.717) is 22.6 Å². The van der Waals surface area contributed by atoms with Crippen molar-refractivity contribution < 1.29 is 28.9 Å². The van der Waals surface area contributed by atoms with Gasteiger partial charge in [-0.2, -0.15) is 0 Å². The zero-order valence-corrected chi connectivity index (χ0v) is 13.8. The second kappa shape index (κ2) is 7.52. The van der Waals surface area contributed by atoms with Gasteiger partial charge in [-0.3, -0.25) is 0 Å². The fourth-order valence-electron chi connectivity index (χ4n) is 2.23. The molecule has 0 atom stereocenters. The number of aliphatic carboxylic acids is 1. The summed E-state index contributed by atoms with van der Waals surface area (Å²) in [5.41, 5.74) is 1.55. The number of carboxylic acids is 1. The van der Waals surface area contributed by atoms with Crippen molar-refractivity contribution in [3.8, 4) is 11.5 Å². The lowest BCUT2D eigenvalue weighted by Gasteiger charge is -2.02. The van der Waals surface area contributed by atoms with Gasteiger partial charge in [-0.25, -0.2) is 14.6 Å². The van der Waals surface area contributed by atoms with Gasteiger partial charge in [0.1, 0.15) is 11.5 Å². The van der Waals surface area contributed by atoms with Crippen LogP contribution in [0.1, 0.15) is 11.1 Å². The van der Waals surface area contributed by atoms with Crippen LogP contribution in [-0.4, -0.2) is 36.7 Å². The predicted molar refractivity (Wildman–Crippen MR) is 93.2 cm³/mol. The first-order valence-corrected chi connectivity index (χ1v) is 7.67. The molecule has 132 valence electrons. The fourth-order valence-corrected chi connectivity index (χ4v) is 2.23. The number of cyclic esters (lactones) is 1. The van der Waals surface area contributed by atoms with E-state index in [1.54, 1.807) is 61.7 Å². The van der Waals surface area contributed by atoms with Crippen molar-refractivity contribution in [3.63, 3.8) is 0 Å². The fraction of sp³-hybridized carbons (Fsp3) is 0.105. The third kappa shape index (κ3) is 4.07. The Hall–Kier alpha value is -3.61. The number of benzene rings is 2. The molecule has 0 aromatic heterocycles. The van der Waals surface area contributed by atoms with Gasteiger partial charge in [-0.05, 0) is 48.0 Å². The Balaban J connectivity index is 1.76. The summed E-state index contributed by atoms with van der Waals surface area (Å²) in [4.78, 5) is 26.7. The summed E-state index contributed by atoms with van der Waals surface area (Å²) in [6.45, 7) is -0.414. The number of rotatable bonds is 6. The Morgan fingerprint density at radius 3 is 2.38 bits per heavy atom. The molecule has 7 nitrogen and oxygen atoms in total. The van der Waals surface area contributed by atoms with Crippen molar-refractivity contribution >= 4 is 23.9 Å². The number of hydrogen-bond acceptors (Lipinski definition) is 6. The van der Waals surface area contributed by atoms with Crippen LogP contribution in [0.15, 0.2) is 59.2 Å². The molecule has 1 aliphatic heterocycles. The highest BCUT2D eigenvalue weighted by molar-refractivity contribution is 6.12. The highest BCUT2D eigenvalue weighted by atomic mass is 16.6. The lowest BCUT2D eigenvalue weighted by Crippen LogP contribution is -2.09. The highest BCUT2D eigenvalue weighted by Gasteiger charge is 2.24. The molecule has 26 heavy (non-hydrogen) atoms. The minimum Gasteiger partial charge on any atom is -0.497 e. The maximum absolute atomic E-state index is 12.0. The van der Waals surface area contributed by atoms with Crippen molar-refractivity contribution in [2.75, 3.05) is 13.7 Å². The lowest BCUT2D eigenvalue weighted by atomic mass is 10.2. The van der Waals surface area contributed by atoms with E-state index < -0.39 is 18.5 Å². The zero-order chi connectivity index (χ0) is 18.5. The molecule has 1 N–H and O–H groups in total. The number of hydrogen-bond donors (Lipinski definition) is 1. The van der Waals surface area contributed by atoms with Crippen LogP contribution in [0.3, 0.4) is 0 Å². The molecule has 3 rings (SSSR count). The highest BCUT2D eigenvalue weighted by Crippen LogP contribution is 2.21. The van der Waals surface area contributed by atoms with E-state index >= 15 is 0 Å². The lowest BCUT2D eigenvalue weighted by molar-refractivity contribution is -0.139. The first-order valence-electron chi connectivity index (χ1n) is 7.67. The quantitative estimate of drug-likeness (QED) is 0.633. The average molecular weight is 353 g/mol. The molecular weight excluding hydrogens is 338 g/mol. The molecule has 7 heteroatoms. The van der Waals surface area contributed by atoms with Crippen LogP contribution in [0, 0.1) is 0 Å². The molecule has 0 amide bonds. The van der Waals surface area contributed by atoms with E-state index in [1.165, 1.54) is 0 Å². The number of aliphatic imine (C=N–C) groups is 1. The maximum Gasteiger partial charge on any atom is 0.363 e. The van der Waals surface area contributed by atoms with Gasteiger partial charge >= 0.3 is 11.9 Å². The largest absolute Gasteiger partial charge is 0.497 e. The second-order valence-electron chi connectivity index (χ2n) is 5.32. The zero-order valence-electron chi connectivity index (χ0n) is 13.8. The molecule has 0 aliphatic carbocycles. The van der Waals surface area contributed by atoms with Crippen LogP contribution in [0.2, 0.25) is 0 Å². The van der Waals surface area contributed by atoms with Crippen molar-refractivity contribution in [1.82, 2.24) is 0 Å². The smallest absolute Gasteiger partial charge is 0.363 e. The maximum atomic E-state index is 12.0. The van der Waals surface area contributed by atoms with Crippen molar-refractivity contribution in [2.24, 2.45) is 4.99 Å². The number of carboxylic acid groups (broad SMARTS) is 1. The summed E-state index contributed by atoms with van der Waals surface area (Å²) >= 11 is 0. The monoisotopic (exact) mass is 353 g/mol. The summed E-state index contributed by atoms with van der Waals surface area (Å²) < 4.78 is 15.4. The van der Waals surface area contributed by atoms with Gasteiger partial charge in [0.05, 0.1) is 7.11 Å². The number of methoxy groups -OCH3 is 1. The van der Waals surface area contributed by atoms with E-state index in [2.05, 4.69) is 4.99 Å². The van der Waals surface area contributed by atoms with Crippen molar-refractivity contribution in [3.05, 3.63) is 65.4 Å². The third-order valence-corrected chi connectivity index (χ3v) is 3.50. The van der Waals surface area contributed by atoms with Crippen LogP contribution in [0.4, 0.5) is 0 Å².